The summed E-state index contributed by atoms with van der Waals surface area (Å²) in [7, 11) is 0. The molecule has 0 saturated heterocycles. The molecule has 0 fully saturated rings. The highest BCUT2D eigenvalue weighted by molar-refractivity contribution is 5.16. The van der Waals surface area contributed by atoms with Crippen molar-refractivity contribution in [2.24, 2.45) is 0 Å². The summed E-state index contributed by atoms with van der Waals surface area (Å²) in [6.45, 7) is 3.52. The normalized spacial score (nSPS) is 14.7. The van der Waals surface area contributed by atoms with Crippen molar-refractivity contribution in [2.75, 3.05) is 0 Å². The molecule has 0 rings (SSSR count). The van der Waals surface area contributed by atoms with Crippen LogP contribution in [0.4, 0.5) is 48.3 Å². The lowest BCUT2D eigenvalue weighted by molar-refractivity contribution is -0.420. The topological polar surface area (TPSA) is 0 Å². The molecule has 1 radical (unpaired) electrons. The van der Waals surface area contributed by atoms with E-state index in [0.717, 1.165) is 0 Å². The Labute approximate surface area is 163 Å². The second-order valence-corrected chi connectivity index (χ2v) is 7.02. The van der Waals surface area contributed by atoms with Crippen molar-refractivity contribution in [1.82, 2.24) is 0 Å². The molecular formula is C18H26F11. The Morgan fingerprint density at radius 3 is 1.17 bits per heavy atom. The predicted molar refractivity (Wildman–Crippen MR) is 86.6 cm³/mol. The molecule has 0 aliphatic heterocycles. The molecule has 0 spiro atoms. The molecule has 0 bridgehead atoms. The van der Waals surface area contributed by atoms with Gasteiger partial charge in [0.1, 0.15) is 0 Å². The smallest absolute Gasteiger partial charge is 0.199 e. The average Bonchev–Trinajstić information content (AvgIpc) is 2.58. The lowest BCUT2D eigenvalue weighted by atomic mass is 9.82. The Morgan fingerprint density at radius 1 is 0.483 bits per heavy atom. The highest BCUT2D eigenvalue weighted by Gasteiger charge is 2.87. The van der Waals surface area contributed by atoms with Gasteiger partial charge in [-0.3, -0.25) is 0 Å². The molecule has 0 aliphatic carbocycles. The summed E-state index contributed by atoms with van der Waals surface area (Å²) < 4.78 is 146. The predicted octanol–water partition coefficient (Wildman–Crippen LogP) is 8.61. The standard InChI is InChI=1S/C18H26F11/c1-3-5-7-9-11-13(12-10-8-6-4-2)14(19,20)15(21,22)16(23,24)17(25,26)18(27,28)29/h3-12H2,1-2H3. The van der Waals surface area contributed by atoms with Gasteiger partial charge in [0.25, 0.3) is 0 Å². The third-order valence-corrected chi connectivity index (χ3v) is 4.65. The second kappa shape index (κ2) is 10.5. The third kappa shape index (κ3) is 6.12. The summed E-state index contributed by atoms with van der Waals surface area (Å²) in [5.74, 6) is -28.8. The fourth-order valence-corrected chi connectivity index (χ4v) is 2.76. The average molecular weight is 451 g/mol. The van der Waals surface area contributed by atoms with Gasteiger partial charge < -0.3 is 0 Å². The van der Waals surface area contributed by atoms with E-state index in [1.165, 1.54) is 0 Å². The Kier molecular flexibility index (Phi) is 10.2. The van der Waals surface area contributed by atoms with Gasteiger partial charge >= 0.3 is 29.9 Å². The van der Waals surface area contributed by atoms with Gasteiger partial charge in [-0.15, -0.1) is 0 Å². The first kappa shape index (κ1) is 28.2. The van der Waals surface area contributed by atoms with Crippen LogP contribution < -0.4 is 0 Å². The van der Waals surface area contributed by atoms with Crippen molar-refractivity contribution in [3.63, 3.8) is 0 Å². The minimum absolute atomic E-state index is 0.0934. The third-order valence-electron chi connectivity index (χ3n) is 4.65. The molecular weight excluding hydrogens is 425 g/mol. The minimum Gasteiger partial charge on any atom is -0.199 e. The molecule has 0 amide bonds. The van der Waals surface area contributed by atoms with Crippen LogP contribution in [0.15, 0.2) is 0 Å². The van der Waals surface area contributed by atoms with Crippen molar-refractivity contribution in [1.29, 1.82) is 0 Å². The van der Waals surface area contributed by atoms with E-state index in [4.69, 9.17) is 0 Å². The van der Waals surface area contributed by atoms with Crippen LogP contribution in [0.25, 0.3) is 0 Å². The molecule has 0 aromatic rings. The summed E-state index contributed by atoms with van der Waals surface area (Å²) in [5.41, 5.74) is 0. The second-order valence-electron chi connectivity index (χ2n) is 7.02. The number of hydrogen-bond donors (Lipinski definition) is 0. The monoisotopic (exact) mass is 451 g/mol. The van der Waals surface area contributed by atoms with Crippen LogP contribution in [0.1, 0.15) is 78.1 Å². The highest BCUT2D eigenvalue weighted by atomic mass is 19.4. The van der Waals surface area contributed by atoms with Gasteiger partial charge in [0, 0.05) is 0 Å². The number of alkyl halides is 11. The van der Waals surface area contributed by atoms with E-state index in [-0.39, 0.29) is 12.8 Å². The Hall–Kier alpha value is -0.770. The zero-order chi connectivity index (χ0) is 23.1. The molecule has 0 atom stereocenters. The molecule has 0 nitrogen and oxygen atoms in total. The van der Waals surface area contributed by atoms with Gasteiger partial charge in [0.2, 0.25) is 0 Å². The molecule has 0 aromatic heterocycles. The van der Waals surface area contributed by atoms with Gasteiger partial charge in [-0.05, 0) is 12.8 Å². The number of unbranched alkanes of at least 4 members (excludes halogenated alkanes) is 6. The van der Waals surface area contributed by atoms with Crippen LogP contribution in [0.3, 0.4) is 0 Å². The van der Waals surface area contributed by atoms with E-state index in [9.17, 15) is 48.3 Å². The first-order chi connectivity index (χ1) is 13.0. The Bertz CT molecular complexity index is 457. The van der Waals surface area contributed by atoms with Gasteiger partial charge in [0.15, 0.2) is 0 Å². The van der Waals surface area contributed by atoms with Crippen LogP contribution in [0.2, 0.25) is 0 Å². The van der Waals surface area contributed by atoms with Crippen LogP contribution in [0, 0.1) is 5.92 Å². The van der Waals surface area contributed by atoms with E-state index >= 15 is 0 Å². The number of hydrogen-bond acceptors (Lipinski definition) is 0. The molecule has 0 N–H and O–H groups in total. The number of halogens is 11. The summed E-state index contributed by atoms with van der Waals surface area (Å²) in [6, 6.07) is 0. The summed E-state index contributed by atoms with van der Waals surface area (Å²) >= 11 is 0. The van der Waals surface area contributed by atoms with Crippen molar-refractivity contribution in [3.05, 3.63) is 5.92 Å². The SMILES string of the molecule is CCCCCC[C](CCCCCC)C(F)(F)C(F)(F)C(F)(F)C(F)(F)C(F)(F)F. The zero-order valence-corrected chi connectivity index (χ0v) is 16.2. The van der Waals surface area contributed by atoms with E-state index in [1.54, 1.807) is 13.8 Å². The fraction of sp³-hybridized carbons (Fsp3) is 0.944. The van der Waals surface area contributed by atoms with Crippen LogP contribution in [-0.2, 0) is 0 Å². The quantitative estimate of drug-likeness (QED) is 0.183. The zero-order valence-electron chi connectivity index (χ0n) is 16.2. The first-order valence-electron chi connectivity index (χ1n) is 9.45. The fourth-order valence-electron chi connectivity index (χ4n) is 2.76. The van der Waals surface area contributed by atoms with Crippen LogP contribution in [-0.4, -0.2) is 29.9 Å². The minimum atomic E-state index is -7.33. The van der Waals surface area contributed by atoms with Gasteiger partial charge in [-0.1, -0.05) is 65.2 Å². The van der Waals surface area contributed by atoms with Gasteiger partial charge in [-0.2, -0.15) is 48.3 Å². The summed E-state index contributed by atoms with van der Waals surface area (Å²) in [4.78, 5) is 0. The lowest BCUT2D eigenvalue weighted by Crippen LogP contribution is -2.67. The molecule has 175 valence electrons. The maximum absolute atomic E-state index is 14.3. The Balaban J connectivity index is 5.78. The number of rotatable bonds is 14. The van der Waals surface area contributed by atoms with Crippen LogP contribution >= 0.6 is 0 Å². The molecule has 0 unspecified atom stereocenters. The maximum atomic E-state index is 14.3. The molecule has 11 heteroatoms. The van der Waals surface area contributed by atoms with Crippen LogP contribution in [0.5, 0.6) is 0 Å². The van der Waals surface area contributed by atoms with Crippen molar-refractivity contribution < 1.29 is 48.3 Å². The summed E-state index contributed by atoms with van der Waals surface area (Å²) in [5, 5.41) is 0. The van der Waals surface area contributed by atoms with E-state index in [0.29, 0.717) is 38.5 Å². The molecule has 0 aliphatic rings. The lowest BCUT2D eigenvalue weighted by Gasteiger charge is -2.40. The largest absolute Gasteiger partial charge is 0.460 e. The first-order valence-corrected chi connectivity index (χ1v) is 9.45. The maximum Gasteiger partial charge on any atom is 0.460 e. The molecule has 29 heavy (non-hydrogen) atoms. The van der Waals surface area contributed by atoms with Crippen molar-refractivity contribution >= 4 is 0 Å². The summed E-state index contributed by atoms with van der Waals surface area (Å²) in [6.07, 6.45) is -5.88. The molecule has 0 aromatic carbocycles. The van der Waals surface area contributed by atoms with Gasteiger partial charge in [0.05, 0.1) is 5.92 Å². The molecule has 0 heterocycles. The van der Waals surface area contributed by atoms with E-state index in [1.807, 2.05) is 0 Å². The Morgan fingerprint density at radius 2 is 0.862 bits per heavy atom. The molecule has 0 saturated carbocycles. The van der Waals surface area contributed by atoms with E-state index in [2.05, 4.69) is 0 Å². The highest BCUT2D eigenvalue weighted by Crippen LogP contribution is 2.60. The van der Waals surface area contributed by atoms with E-state index < -0.39 is 48.6 Å². The van der Waals surface area contributed by atoms with Crippen molar-refractivity contribution in [2.45, 2.75) is 108 Å². The van der Waals surface area contributed by atoms with Crippen molar-refractivity contribution in [3.8, 4) is 0 Å². The van der Waals surface area contributed by atoms with Gasteiger partial charge in [-0.25, -0.2) is 0 Å².